The maximum atomic E-state index is 11.9. The van der Waals surface area contributed by atoms with Crippen LogP contribution in [0, 0.1) is 5.92 Å². The molecule has 0 bridgehead atoms. The van der Waals surface area contributed by atoms with Crippen molar-refractivity contribution in [3.05, 3.63) is 23.8 Å². The zero-order valence-corrected chi connectivity index (χ0v) is 18.5. The number of ether oxygens (including phenoxy) is 3. The van der Waals surface area contributed by atoms with Crippen LogP contribution in [0.2, 0.25) is 0 Å². The van der Waals surface area contributed by atoms with Gasteiger partial charge in [-0.15, -0.1) is 0 Å². The van der Waals surface area contributed by atoms with Gasteiger partial charge in [-0.3, -0.25) is 19.2 Å². The molecule has 1 aromatic carbocycles. The van der Waals surface area contributed by atoms with E-state index in [-0.39, 0.29) is 36.7 Å². The van der Waals surface area contributed by atoms with Crippen LogP contribution in [-0.4, -0.2) is 41.1 Å². The first kappa shape index (κ1) is 26.1. The molecular formula is C22H31NO8. The third-order valence-corrected chi connectivity index (χ3v) is 4.51. The minimum atomic E-state index is -1.31. The maximum absolute atomic E-state index is 11.9. The fourth-order valence-corrected chi connectivity index (χ4v) is 2.71. The van der Waals surface area contributed by atoms with Crippen molar-refractivity contribution in [2.24, 2.45) is 11.7 Å². The Bertz CT molecular complexity index is 805. The number of carbonyl (C=O) groups is 4. The van der Waals surface area contributed by atoms with Gasteiger partial charge in [-0.05, 0) is 31.0 Å². The second kappa shape index (κ2) is 12.0. The molecule has 172 valence electrons. The lowest BCUT2D eigenvalue weighted by Gasteiger charge is -2.25. The molecule has 31 heavy (non-hydrogen) atoms. The highest BCUT2D eigenvalue weighted by Gasteiger charge is 2.30. The van der Waals surface area contributed by atoms with Gasteiger partial charge in [0.15, 0.2) is 11.5 Å². The van der Waals surface area contributed by atoms with Gasteiger partial charge in [-0.25, -0.2) is 0 Å². The van der Waals surface area contributed by atoms with E-state index in [0.717, 1.165) is 0 Å². The van der Waals surface area contributed by atoms with Crippen LogP contribution in [-0.2, 0) is 23.9 Å². The zero-order chi connectivity index (χ0) is 23.7. The van der Waals surface area contributed by atoms with Gasteiger partial charge in [0.2, 0.25) is 0 Å². The fraction of sp³-hybridized carbons (Fsp3) is 0.545. The maximum Gasteiger partial charge on any atom is 0.321 e. The van der Waals surface area contributed by atoms with E-state index in [4.69, 9.17) is 19.9 Å². The molecule has 0 aliphatic heterocycles. The number of hydrogen-bond donors (Lipinski definition) is 2. The molecule has 9 nitrogen and oxygen atoms in total. The van der Waals surface area contributed by atoms with E-state index in [1.165, 1.54) is 12.1 Å². The van der Waals surface area contributed by atoms with Crippen LogP contribution in [0.25, 0.3) is 0 Å². The molecule has 0 aromatic heterocycles. The van der Waals surface area contributed by atoms with Crippen LogP contribution < -0.4 is 15.2 Å². The summed E-state index contributed by atoms with van der Waals surface area (Å²) in [5, 5.41) is 9.47. The van der Waals surface area contributed by atoms with Crippen LogP contribution in [0.5, 0.6) is 11.5 Å². The Morgan fingerprint density at radius 2 is 1.52 bits per heavy atom. The Labute approximate surface area is 181 Å². The lowest BCUT2D eigenvalue weighted by Crippen LogP contribution is -2.38. The molecule has 0 saturated carbocycles. The molecule has 0 heterocycles. The first-order valence-corrected chi connectivity index (χ1v) is 10.2. The van der Waals surface area contributed by atoms with Crippen LogP contribution >= 0.6 is 0 Å². The summed E-state index contributed by atoms with van der Waals surface area (Å²) in [7, 11) is 0. The summed E-state index contributed by atoms with van der Waals surface area (Å²) >= 11 is 0. The summed E-state index contributed by atoms with van der Waals surface area (Å²) in [6.45, 7) is 8.27. The Kier molecular flexibility index (Phi) is 10.1. The van der Waals surface area contributed by atoms with Crippen molar-refractivity contribution in [2.75, 3.05) is 0 Å². The van der Waals surface area contributed by atoms with E-state index >= 15 is 0 Å². The van der Waals surface area contributed by atoms with Gasteiger partial charge in [0, 0.05) is 18.8 Å². The topological polar surface area (TPSA) is 142 Å². The molecule has 1 rings (SSSR count). The Hall–Kier alpha value is -2.94. The van der Waals surface area contributed by atoms with Gasteiger partial charge >= 0.3 is 23.9 Å². The first-order chi connectivity index (χ1) is 14.5. The van der Waals surface area contributed by atoms with E-state index in [1.807, 2.05) is 0 Å². The van der Waals surface area contributed by atoms with Crippen molar-refractivity contribution >= 4 is 23.9 Å². The molecule has 0 radical (unpaired) electrons. The van der Waals surface area contributed by atoms with Crippen molar-refractivity contribution in [1.82, 2.24) is 0 Å². The molecule has 0 saturated heterocycles. The smallest absolute Gasteiger partial charge is 0.321 e. The molecular weight excluding hydrogens is 406 g/mol. The van der Waals surface area contributed by atoms with Gasteiger partial charge in [-0.2, -0.15) is 0 Å². The van der Waals surface area contributed by atoms with Gasteiger partial charge in [0.05, 0.1) is 12.0 Å². The molecule has 0 spiro atoms. The van der Waals surface area contributed by atoms with E-state index in [2.05, 4.69) is 0 Å². The molecule has 0 aliphatic rings. The van der Waals surface area contributed by atoms with Crippen LogP contribution in [0.1, 0.15) is 65.4 Å². The zero-order valence-electron chi connectivity index (χ0n) is 18.5. The molecule has 1 aromatic rings. The summed E-state index contributed by atoms with van der Waals surface area (Å²) in [5.74, 6) is -3.78. The Morgan fingerprint density at radius 1 is 0.968 bits per heavy atom. The van der Waals surface area contributed by atoms with Crippen molar-refractivity contribution in [1.29, 1.82) is 0 Å². The normalized spacial score (nSPS) is 13.8. The second-order valence-electron chi connectivity index (χ2n) is 7.47. The highest BCUT2D eigenvalue weighted by atomic mass is 16.6. The van der Waals surface area contributed by atoms with E-state index < -0.39 is 41.9 Å². The number of carbonyl (C=O) groups excluding carboxylic acids is 3. The van der Waals surface area contributed by atoms with Crippen LogP contribution in [0.4, 0.5) is 0 Å². The average molecular weight is 437 g/mol. The Balaban J connectivity index is 3.31. The summed E-state index contributed by atoms with van der Waals surface area (Å²) in [5.41, 5.74) is 6.36. The average Bonchev–Trinajstić information content (AvgIpc) is 2.72. The lowest BCUT2D eigenvalue weighted by atomic mass is 9.87. The van der Waals surface area contributed by atoms with Crippen molar-refractivity contribution in [3.63, 3.8) is 0 Å². The van der Waals surface area contributed by atoms with Crippen molar-refractivity contribution in [3.8, 4) is 11.5 Å². The molecule has 3 N–H and O–H groups in total. The summed E-state index contributed by atoms with van der Waals surface area (Å²) in [4.78, 5) is 47.0. The summed E-state index contributed by atoms with van der Waals surface area (Å²) in [6.07, 6.45) is -0.273. The highest BCUT2D eigenvalue weighted by Crippen LogP contribution is 2.35. The van der Waals surface area contributed by atoms with Crippen LogP contribution in [0.3, 0.4) is 0 Å². The van der Waals surface area contributed by atoms with Crippen molar-refractivity contribution < 1.29 is 38.5 Å². The predicted octanol–water partition coefficient (Wildman–Crippen LogP) is 2.79. The third-order valence-electron chi connectivity index (χ3n) is 4.51. The lowest BCUT2D eigenvalue weighted by molar-refractivity contribution is -0.152. The number of aliphatic carboxylic acids is 1. The number of rotatable bonds is 11. The molecule has 0 amide bonds. The molecule has 3 atom stereocenters. The number of carboxylic acid groups (broad SMARTS) is 1. The van der Waals surface area contributed by atoms with Gasteiger partial charge in [0.1, 0.15) is 6.04 Å². The number of hydrogen-bond acceptors (Lipinski definition) is 8. The molecule has 0 fully saturated rings. The monoisotopic (exact) mass is 437 g/mol. The standard InChI is InChI=1S/C22H31NO8/c1-6-18(24)30-16-9-8-14(11-17(16)31-19(25)7-2)15(20(23)21(26)27)10-13(5)29-22(28)12(3)4/h8-9,11-13,15,20H,6-7,10,23H2,1-5H3,(H,26,27)/t13?,15?,20-/m0/s1. The quantitative estimate of drug-likeness (QED) is 0.394. The number of benzene rings is 1. The second-order valence-corrected chi connectivity index (χ2v) is 7.47. The fourth-order valence-electron chi connectivity index (χ4n) is 2.71. The largest absolute Gasteiger partial charge is 0.480 e. The predicted molar refractivity (Wildman–Crippen MR) is 112 cm³/mol. The number of nitrogens with two attached hydrogens (primary N) is 1. The minimum absolute atomic E-state index is 0.0134. The van der Waals surface area contributed by atoms with Gasteiger partial charge < -0.3 is 25.1 Å². The van der Waals surface area contributed by atoms with Crippen LogP contribution in [0.15, 0.2) is 18.2 Å². The summed E-state index contributed by atoms with van der Waals surface area (Å²) in [6, 6.07) is 3.09. The summed E-state index contributed by atoms with van der Waals surface area (Å²) < 4.78 is 15.8. The van der Waals surface area contributed by atoms with Crippen molar-refractivity contribution in [2.45, 2.75) is 71.9 Å². The minimum Gasteiger partial charge on any atom is -0.480 e. The van der Waals surface area contributed by atoms with E-state index in [9.17, 15) is 24.3 Å². The van der Waals surface area contributed by atoms with E-state index in [1.54, 1.807) is 40.7 Å². The Morgan fingerprint density at radius 3 is 2.00 bits per heavy atom. The van der Waals surface area contributed by atoms with Gasteiger partial charge in [0.25, 0.3) is 0 Å². The third kappa shape index (κ3) is 8.01. The first-order valence-electron chi connectivity index (χ1n) is 10.2. The van der Waals surface area contributed by atoms with Gasteiger partial charge in [-0.1, -0.05) is 33.8 Å². The highest BCUT2D eigenvalue weighted by molar-refractivity contribution is 5.77. The number of carboxylic acids is 1. The number of esters is 3. The van der Waals surface area contributed by atoms with E-state index in [0.29, 0.717) is 5.56 Å². The molecule has 9 heteroatoms. The molecule has 0 aliphatic carbocycles. The molecule has 2 unspecified atom stereocenters. The SMILES string of the molecule is CCC(=O)Oc1ccc(C(CC(C)OC(=O)C(C)C)[C@H](N)C(=O)O)cc1OC(=O)CC.